The van der Waals surface area contributed by atoms with Gasteiger partial charge in [0.05, 0.1) is 0 Å². The number of hydrogen-bond donors (Lipinski definition) is 2. The average molecular weight is 219 g/mol. The van der Waals surface area contributed by atoms with Gasteiger partial charge in [-0.2, -0.15) is 0 Å². The first-order chi connectivity index (χ1) is 7.66. The Morgan fingerprint density at radius 2 is 2.12 bits per heavy atom. The molecule has 0 radical (unpaired) electrons. The van der Waals surface area contributed by atoms with Crippen molar-refractivity contribution in [2.45, 2.75) is 6.42 Å². The van der Waals surface area contributed by atoms with Gasteiger partial charge in [-0.25, -0.2) is 4.79 Å². The molecule has 0 saturated carbocycles. The highest BCUT2D eigenvalue weighted by molar-refractivity contribution is 5.85. The Kier molecular flexibility index (Phi) is 2.59. The van der Waals surface area contributed by atoms with E-state index in [9.17, 15) is 9.90 Å². The Hall–Kier alpha value is -2.30. The van der Waals surface area contributed by atoms with E-state index >= 15 is 0 Å². The maximum Gasteiger partial charge on any atom is 0.358 e. The fourth-order valence-corrected chi connectivity index (χ4v) is 1.35. The molecule has 1 heterocycles. The fourth-order valence-electron chi connectivity index (χ4n) is 1.35. The molecule has 0 aliphatic heterocycles. The molecule has 0 spiro atoms. The second-order valence-electron chi connectivity index (χ2n) is 3.29. The zero-order chi connectivity index (χ0) is 11.5. The second kappa shape index (κ2) is 4.06. The van der Waals surface area contributed by atoms with E-state index in [2.05, 4.69) is 5.16 Å². The quantitative estimate of drug-likeness (QED) is 0.820. The van der Waals surface area contributed by atoms with Crippen molar-refractivity contribution in [1.29, 1.82) is 0 Å². The number of carboxylic acid groups (broad SMARTS) is 1. The smallest absolute Gasteiger partial charge is 0.358 e. The minimum Gasteiger partial charge on any atom is -0.508 e. The van der Waals surface area contributed by atoms with Crippen LogP contribution >= 0.6 is 0 Å². The summed E-state index contributed by atoms with van der Waals surface area (Å²) in [5.41, 5.74) is 0.529. The van der Waals surface area contributed by atoms with Gasteiger partial charge in [0.25, 0.3) is 0 Å². The lowest BCUT2D eigenvalue weighted by Crippen LogP contribution is -1.94. The molecule has 5 nitrogen and oxygen atoms in total. The second-order valence-corrected chi connectivity index (χ2v) is 3.29. The molecule has 2 N–H and O–H groups in total. The van der Waals surface area contributed by atoms with Crippen LogP contribution in [0.1, 0.15) is 21.8 Å². The summed E-state index contributed by atoms with van der Waals surface area (Å²) in [7, 11) is 0. The van der Waals surface area contributed by atoms with E-state index in [4.69, 9.17) is 9.63 Å². The van der Waals surface area contributed by atoms with Gasteiger partial charge in [0, 0.05) is 18.1 Å². The highest BCUT2D eigenvalue weighted by atomic mass is 16.5. The number of aromatic nitrogens is 1. The molecule has 0 fully saturated rings. The largest absolute Gasteiger partial charge is 0.508 e. The van der Waals surface area contributed by atoms with Crippen molar-refractivity contribution >= 4 is 5.97 Å². The number of hydrogen-bond acceptors (Lipinski definition) is 4. The lowest BCUT2D eigenvalue weighted by Gasteiger charge is -1.99. The molecule has 1 aromatic heterocycles. The first-order valence-electron chi connectivity index (χ1n) is 4.62. The molecular formula is C11H9NO4. The summed E-state index contributed by atoms with van der Waals surface area (Å²) in [4.78, 5) is 10.6. The minimum atomic E-state index is -1.13. The molecule has 0 unspecified atom stereocenters. The highest BCUT2D eigenvalue weighted by Crippen LogP contribution is 2.19. The number of carbonyl (C=O) groups is 1. The predicted octanol–water partition coefficient (Wildman–Crippen LogP) is 1.67. The molecule has 2 aromatic rings. The van der Waals surface area contributed by atoms with Crippen molar-refractivity contribution in [1.82, 2.24) is 5.16 Å². The fraction of sp³-hybridized carbons (Fsp3) is 0.0909. The number of benzene rings is 1. The van der Waals surface area contributed by atoms with Gasteiger partial charge in [0.1, 0.15) is 11.5 Å². The van der Waals surface area contributed by atoms with Gasteiger partial charge in [-0.15, -0.1) is 0 Å². The zero-order valence-corrected chi connectivity index (χ0v) is 8.25. The summed E-state index contributed by atoms with van der Waals surface area (Å²) in [6, 6.07) is 8.13. The highest BCUT2D eigenvalue weighted by Gasteiger charge is 2.12. The number of phenolic OH excluding ortho intramolecular Hbond substituents is 1. The first kappa shape index (κ1) is 10.2. The van der Waals surface area contributed by atoms with E-state index in [1.54, 1.807) is 24.3 Å². The maximum absolute atomic E-state index is 10.6. The topological polar surface area (TPSA) is 83.6 Å². The Bertz CT molecular complexity index is 518. The van der Waals surface area contributed by atoms with Crippen LogP contribution in [0.3, 0.4) is 0 Å². The summed E-state index contributed by atoms with van der Waals surface area (Å²) in [6.45, 7) is 0. The number of aromatic carboxylic acids is 1. The molecule has 82 valence electrons. The number of nitrogens with zero attached hydrogens (tertiary/aromatic N) is 1. The number of para-hydroxylation sites is 1. The van der Waals surface area contributed by atoms with Gasteiger partial charge in [0.15, 0.2) is 5.69 Å². The van der Waals surface area contributed by atoms with Gasteiger partial charge < -0.3 is 14.7 Å². The van der Waals surface area contributed by atoms with Crippen LogP contribution in [0.5, 0.6) is 5.75 Å². The van der Waals surface area contributed by atoms with Crippen LogP contribution in [0, 0.1) is 0 Å². The maximum atomic E-state index is 10.6. The summed E-state index contributed by atoms with van der Waals surface area (Å²) in [6.07, 6.45) is 0.312. The molecule has 0 amide bonds. The van der Waals surface area contributed by atoms with Gasteiger partial charge in [-0.05, 0) is 6.07 Å². The molecule has 5 heteroatoms. The van der Waals surface area contributed by atoms with Crippen LogP contribution in [0.25, 0.3) is 0 Å². The molecular weight excluding hydrogens is 210 g/mol. The molecule has 16 heavy (non-hydrogen) atoms. The standard InChI is InChI=1S/C11H9NO4/c13-10-4-2-1-3-7(10)5-8-6-9(11(14)15)12-16-8/h1-4,6,13H,5H2,(H,14,15). The lowest BCUT2D eigenvalue weighted by atomic mass is 10.1. The molecule has 2 rings (SSSR count). The molecule has 0 aliphatic carbocycles. The zero-order valence-electron chi connectivity index (χ0n) is 8.25. The normalized spacial score (nSPS) is 10.2. The van der Waals surface area contributed by atoms with Gasteiger partial charge >= 0.3 is 5.97 Å². The van der Waals surface area contributed by atoms with E-state index < -0.39 is 5.97 Å². The first-order valence-corrected chi connectivity index (χ1v) is 4.62. The van der Waals surface area contributed by atoms with E-state index in [0.717, 1.165) is 0 Å². The SMILES string of the molecule is O=C(O)c1cc(Cc2ccccc2O)on1. The summed E-state index contributed by atoms with van der Waals surface area (Å²) in [5.74, 6) is -0.582. The third-order valence-corrected chi connectivity index (χ3v) is 2.13. The molecule has 0 aliphatic rings. The number of phenols is 1. The third kappa shape index (κ3) is 2.03. The van der Waals surface area contributed by atoms with Crippen molar-refractivity contribution in [3.8, 4) is 5.75 Å². The van der Waals surface area contributed by atoms with Crippen LogP contribution in [0.15, 0.2) is 34.9 Å². The van der Waals surface area contributed by atoms with Crippen LogP contribution in [0.4, 0.5) is 0 Å². The summed E-state index contributed by atoms with van der Waals surface area (Å²) in [5, 5.41) is 21.5. The van der Waals surface area contributed by atoms with Crippen molar-refractivity contribution in [3.05, 3.63) is 47.3 Å². The average Bonchev–Trinajstić information content (AvgIpc) is 2.70. The van der Waals surface area contributed by atoms with Gasteiger partial charge in [0.2, 0.25) is 0 Å². The van der Waals surface area contributed by atoms with Crippen molar-refractivity contribution < 1.29 is 19.5 Å². The van der Waals surface area contributed by atoms with Crippen LogP contribution in [0.2, 0.25) is 0 Å². The third-order valence-electron chi connectivity index (χ3n) is 2.13. The van der Waals surface area contributed by atoms with Gasteiger partial charge in [-0.1, -0.05) is 23.4 Å². The van der Waals surface area contributed by atoms with E-state index in [1.165, 1.54) is 6.07 Å². The number of carboxylic acids is 1. The summed E-state index contributed by atoms with van der Waals surface area (Å²) >= 11 is 0. The Morgan fingerprint density at radius 3 is 2.75 bits per heavy atom. The Balaban J connectivity index is 2.21. The van der Waals surface area contributed by atoms with Crippen molar-refractivity contribution in [2.75, 3.05) is 0 Å². The Labute approximate surface area is 90.9 Å². The predicted molar refractivity (Wildman–Crippen MR) is 54.4 cm³/mol. The number of rotatable bonds is 3. The molecule has 1 aromatic carbocycles. The summed E-state index contributed by atoms with van der Waals surface area (Å²) < 4.78 is 4.84. The van der Waals surface area contributed by atoms with Crippen molar-refractivity contribution in [3.63, 3.8) is 0 Å². The van der Waals surface area contributed by atoms with Crippen molar-refractivity contribution in [2.24, 2.45) is 0 Å². The van der Waals surface area contributed by atoms with Crippen LogP contribution < -0.4 is 0 Å². The monoisotopic (exact) mass is 219 g/mol. The lowest BCUT2D eigenvalue weighted by molar-refractivity contribution is 0.0685. The van der Waals surface area contributed by atoms with E-state index in [-0.39, 0.29) is 11.4 Å². The number of aromatic hydroxyl groups is 1. The minimum absolute atomic E-state index is 0.134. The van der Waals surface area contributed by atoms with E-state index in [0.29, 0.717) is 17.7 Å². The molecule has 0 atom stereocenters. The van der Waals surface area contributed by atoms with E-state index in [1.807, 2.05) is 0 Å². The van der Waals surface area contributed by atoms with Gasteiger partial charge in [-0.3, -0.25) is 0 Å². The van der Waals surface area contributed by atoms with Crippen LogP contribution in [-0.4, -0.2) is 21.3 Å². The molecule has 0 bridgehead atoms. The van der Waals surface area contributed by atoms with Crippen LogP contribution in [-0.2, 0) is 6.42 Å². The Morgan fingerprint density at radius 1 is 1.38 bits per heavy atom. The molecule has 0 saturated heterocycles.